The molecular weight excluding hydrogens is 544 g/mol. The Morgan fingerprint density at radius 2 is 1.88 bits per heavy atom. The Balaban J connectivity index is 2.92. The Morgan fingerprint density at radius 3 is 2.42 bits per heavy atom. The Labute approximate surface area is 167 Å². The van der Waals surface area contributed by atoms with E-state index in [1.165, 1.54) is 12.2 Å². The van der Waals surface area contributed by atoms with Crippen molar-refractivity contribution in [3.8, 4) is 0 Å². The smallest absolute Gasteiger partial charge is 0.408 e. The molecule has 0 saturated heterocycles. The van der Waals surface area contributed by atoms with Crippen molar-refractivity contribution < 1.29 is 28.6 Å². The quantitative estimate of drug-likeness (QED) is 0.153. The Bertz CT molecular complexity index is 498. The number of nitrogens with one attached hydrogen (secondary N) is 1. The summed E-state index contributed by atoms with van der Waals surface area (Å²) in [5.41, 5.74) is -1.34. The van der Waals surface area contributed by atoms with Gasteiger partial charge in [-0.25, -0.2) is 4.79 Å². The maximum atomic E-state index is 12.1. The first-order chi connectivity index (χ1) is 11.4. The molecule has 0 aliphatic heterocycles. The molecule has 0 aromatic rings. The first-order valence-corrected chi connectivity index (χ1v) is 9.61. The normalized spacial score (nSPS) is 25.8. The Kier molecular flexibility index (Phi) is 9.19. The number of rotatable bonds is 9. The minimum Gasteiger partial charge on any atom is -0.461 e. The van der Waals surface area contributed by atoms with Crippen LogP contribution in [-0.4, -0.2) is 45.3 Å². The van der Waals surface area contributed by atoms with Crippen LogP contribution in [0, 0.1) is 5.92 Å². The van der Waals surface area contributed by atoms with Gasteiger partial charge in [-0.2, -0.15) is 0 Å². The van der Waals surface area contributed by atoms with E-state index in [0.717, 1.165) is 0 Å². The number of amides is 1. The third-order valence-electron chi connectivity index (χ3n) is 3.48. The van der Waals surface area contributed by atoms with Gasteiger partial charge in [0.1, 0.15) is 25.0 Å². The van der Waals surface area contributed by atoms with E-state index in [2.05, 4.69) is 18.5 Å². The molecule has 1 fully saturated rings. The van der Waals surface area contributed by atoms with E-state index in [4.69, 9.17) is 14.2 Å². The minimum absolute atomic E-state index is 0.0122. The lowest BCUT2D eigenvalue weighted by Crippen LogP contribution is -2.56. The molecule has 0 bridgehead atoms. The standard InChI is InChI=1S/C15H19I2NO6/c1-3-5-22-12(20)10-7-11(24-13(16)17)15(8-10,9-19)18-14(21)23-6-4-2/h3-4,9-11,13H,1-2,5-8H2,(H,18,21)/t10?,11-,15+/m1/s1. The van der Waals surface area contributed by atoms with Crippen LogP contribution in [0.2, 0.25) is 0 Å². The summed E-state index contributed by atoms with van der Waals surface area (Å²) in [6, 6.07) is 0. The number of carbonyl (C=O) groups is 3. The average molecular weight is 563 g/mol. The van der Waals surface area contributed by atoms with Crippen LogP contribution in [0.25, 0.3) is 0 Å². The number of halogens is 2. The van der Waals surface area contributed by atoms with E-state index in [-0.39, 0.29) is 28.2 Å². The van der Waals surface area contributed by atoms with E-state index >= 15 is 0 Å². The van der Waals surface area contributed by atoms with Crippen molar-refractivity contribution in [2.75, 3.05) is 13.2 Å². The molecule has 1 aliphatic carbocycles. The fourth-order valence-electron chi connectivity index (χ4n) is 2.48. The van der Waals surface area contributed by atoms with Crippen LogP contribution in [0.4, 0.5) is 4.79 Å². The lowest BCUT2D eigenvalue weighted by atomic mass is 9.96. The van der Waals surface area contributed by atoms with Crippen molar-refractivity contribution >= 4 is 63.5 Å². The SMILES string of the molecule is C=CCOC(=O)N[C@]1(C=O)CC(C(=O)OCC=C)C[C@H]1OC(I)I. The summed E-state index contributed by atoms with van der Waals surface area (Å²) in [5, 5.41) is 2.54. The van der Waals surface area contributed by atoms with E-state index < -0.39 is 29.6 Å². The molecule has 0 aromatic carbocycles. The molecule has 1 unspecified atom stereocenters. The van der Waals surface area contributed by atoms with E-state index in [0.29, 0.717) is 6.29 Å². The van der Waals surface area contributed by atoms with Crippen LogP contribution < -0.4 is 5.32 Å². The molecule has 3 atom stereocenters. The zero-order chi connectivity index (χ0) is 18.2. The van der Waals surface area contributed by atoms with Gasteiger partial charge in [-0.05, 0) is 58.0 Å². The van der Waals surface area contributed by atoms with Crippen LogP contribution in [0.1, 0.15) is 12.8 Å². The first-order valence-electron chi connectivity index (χ1n) is 7.11. The molecule has 134 valence electrons. The topological polar surface area (TPSA) is 90.9 Å². The molecular formula is C15H19I2NO6. The molecule has 1 amide bonds. The van der Waals surface area contributed by atoms with Gasteiger partial charge >= 0.3 is 12.1 Å². The summed E-state index contributed by atoms with van der Waals surface area (Å²) in [5.74, 6) is -1.02. The molecule has 0 radical (unpaired) electrons. The second-order valence-electron chi connectivity index (χ2n) is 5.11. The van der Waals surface area contributed by atoms with Gasteiger partial charge in [0, 0.05) is 0 Å². The van der Waals surface area contributed by atoms with E-state index in [1.54, 1.807) is 0 Å². The predicted octanol–water partition coefficient (Wildman–Crippen LogP) is 2.51. The van der Waals surface area contributed by atoms with Gasteiger partial charge in [0.15, 0.2) is 2.12 Å². The molecule has 24 heavy (non-hydrogen) atoms. The van der Waals surface area contributed by atoms with Gasteiger partial charge in [-0.1, -0.05) is 25.3 Å². The summed E-state index contributed by atoms with van der Waals surface area (Å²) in [7, 11) is 0. The number of hydrogen-bond donors (Lipinski definition) is 1. The van der Waals surface area contributed by atoms with Gasteiger partial charge in [0.05, 0.1) is 12.0 Å². The average Bonchev–Trinajstić information content (AvgIpc) is 2.88. The first kappa shape index (κ1) is 21.4. The molecule has 1 aliphatic rings. The second kappa shape index (κ2) is 10.3. The van der Waals surface area contributed by atoms with Crippen molar-refractivity contribution in [3.05, 3.63) is 25.3 Å². The van der Waals surface area contributed by atoms with Gasteiger partial charge in [0.25, 0.3) is 0 Å². The second-order valence-corrected chi connectivity index (χ2v) is 9.76. The van der Waals surface area contributed by atoms with Crippen LogP contribution >= 0.6 is 45.2 Å². The van der Waals surface area contributed by atoms with Crippen LogP contribution in [0.15, 0.2) is 25.3 Å². The summed E-state index contributed by atoms with van der Waals surface area (Å²) in [6.45, 7) is 7.03. The number of carbonyl (C=O) groups excluding carboxylic acids is 3. The molecule has 0 heterocycles. The highest BCUT2D eigenvalue weighted by Crippen LogP contribution is 2.38. The monoisotopic (exact) mass is 563 g/mol. The molecule has 0 spiro atoms. The highest BCUT2D eigenvalue weighted by Gasteiger charge is 2.52. The summed E-state index contributed by atoms with van der Waals surface area (Å²) < 4.78 is 15.4. The lowest BCUT2D eigenvalue weighted by molar-refractivity contribution is -0.147. The van der Waals surface area contributed by atoms with E-state index in [9.17, 15) is 14.4 Å². The van der Waals surface area contributed by atoms with Crippen molar-refractivity contribution in [1.29, 1.82) is 0 Å². The zero-order valence-electron chi connectivity index (χ0n) is 12.9. The molecule has 1 rings (SSSR count). The fraction of sp³-hybridized carbons (Fsp3) is 0.533. The third-order valence-corrected chi connectivity index (χ3v) is 4.07. The summed E-state index contributed by atoms with van der Waals surface area (Å²) in [6.07, 6.45) is 2.39. The number of esters is 1. The molecule has 9 heteroatoms. The number of alkyl carbamates (subject to hydrolysis) is 1. The van der Waals surface area contributed by atoms with Crippen LogP contribution in [-0.2, 0) is 23.8 Å². The predicted molar refractivity (Wildman–Crippen MR) is 104 cm³/mol. The summed E-state index contributed by atoms with van der Waals surface area (Å²) in [4.78, 5) is 35.7. The summed E-state index contributed by atoms with van der Waals surface area (Å²) >= 11 is 4.06. The molecule has 7 nitrogen and oxygen atoms in total. The van der Waals surface area contributed by atoms with Crippen molar-refractivity contribution in [2.45, 2.75) is 26.6 Å². The third kappa shape index (κ3) is 5.99. The molecule has 1 N–H and O–H groups in total. The zero-order valence-corrected chi connectivity index (χ0v) is 17.2. The van der Waals surface area contributed by atoms with Crippen LogP contribution in [0.5, 0.6) is 0 Å². The van der Waals surface area contributed by atoms with Gasteiger partial charge in [-0.15, -0.1) is 0 Å². The highest BCUT2D eigenvalue weighted by atomic mass is 127. The Morgan fingerprint density at radius 1 is 1.25 bits per heavy atom. The molecule has 0 aromatic heterocycles. The van der Waals surface area contributed by atoms with Gasteiger partial charge in [0.2, 0.25) is 0 Å². The number of hydrogen-bond acceptors (Lipinski definition) is 6. The minimum atomic E-state index is -1.34. The Hall–Kier alpha value is -0.690. The van der Waals surface area contributed by atoms with Crippen LogP contribution in [0.3, 0.4) is 0 Å². The number of alkyl halides is 2. The van der Waals surface area contributed by atoms with E-state index in [1.807, 2.05) is 45.2 Å². The number of ether oxygens (including phenoxy) is 3. The van der Waals surface area contributed by atoms with Crippen molar-refractivity contribution in [3.63, 3.8) is 0 Å². The molecule has 1 saturated carbocycles. The largest absolute Gasteiger partial charge is 0.461 e. The lowest BCUT2D eigenvalue weighted by Gasteiger charge is -2.30. The van der Waals surface area contributed by atoms with Gasteiger partial charge in [-0.3, -0.25) is 4.79 Å². The maximum Gasteiger partial charge on any atom is 0.408 e. The van der Waals surface area contributed by atoms with Gasteiger partial charge < -0.3 is 24.3 Å². The maximum absolute atomic E-state index is 12.1. The van der Waals surface area contributed by atoms with Crippen molar-refractivity contribution in [1.82, 2.24) is 5.32 Å². The van der Waals surface area contributed by atoms with Crippen molar-refractivity contribution in [2.24, 2.45) is 5.92 Å². The number of aldehydes is 1. The fourth-order valence-corrected chi connectivity index (χ4v) is 3.19. The highest BCUT2D eigenvalue weighted by molar-refractivity contribution is 14.2.